The first-order valence-corrected chi connectivity index (χ1v) is 10.6. The summed E-state index contributed by atoms with van der Waals surface area (Å²) in [5.74, 6) is 2.74. The molecule has 0 fully saturated rings. The molecule has 9 heteroatoms. The molecule has 1 N–H and O–H groups in total. The Hall–Kier alpha value is -0.920. The second-order valence-corrected chi connectivity index (χ2v) is 7.22. The van der Waals surface area contributed by atoms with Gasteiger partial charge in [-0.25, -0.2) is 9.97 Å². The summed E-state index contributed by atoms with van der Waals surface area (Å²) in [4.78, 5) is 11.1. The Kier molecular flexibility index (Phi) is 11.2. The van der Waals surface area contributed by atoms with Crippen LogP contribution < -0.4 is 10.1 Å². The fraction of sp³-hybridized carbons (Fsp3) is 0.444. The summed E-state index contributed by atoms with van der Waals surface area (Å²) in [6.45, 7) is 4.23. The summed E-state index contributed by atoms with van der Waals surface area (Å²) < 4.78 is 5.51. The van der Waals surface area contributed by atoms with Crippen LogP contribution in [0.1, 0.15) is 11.3 Å². The number of alkyl halides is 2. The molecule has 0 aliphatic rings. The van der Waals surface area contributed by atoms with Crippen molar-refractivity contribution in [2.75, 3.05) is 43.5 Å². The van der Waals surface area contributed by atoms with E-state index >= 15 is 0 Å². The molecule has 0 aliphatic heterocycles. The van der Waals surface area contributed by atoms with Gasteiger partial charge in [0.25, 0.3) is 0 Å². The van der Waals surface area contributed by atoms with Crippen LogP contribution in [-0.2, 0) is 6.54 Å². The molecule has 0 atom stereocenters. The lowest BCUT2D eigenvalue weighted by Crippen LogP contribution is -2.27. The molecular formula is C18H25Cl3N4OS. The second-order valence-electron chi connectivity index (χ2n) is 5.69. The van der Waals surface area contributed by atoms with Crippen LogP contribution in [0.15, 0.2) is 29.4 Å². The first-order chi connectivity index (χ1) is 12.6. The highest BCUT2D eigenvalue weighted by atomic mass is 35.5. The van der Waals surface area contributed by atoms with Crippen LogP contribution in [0.25, 0.3) is 0 Å². The van der Waals surface area contributed by atoms with E-state index in [0.717, 1.165) is 53.3 Å². The molecule has 2 rings (SSSR count). The first-order valence-electron chi connectivity index (χ1n) is 8.27. The van der Waals surface area contributed by atoms with Crippen LogP contribution in [0.3, 0.4) is 0 Å². The van der Waals surface area contributed by atoms with Gasteiger partial charge in [-0.1, -0.05) is 11.8 Å². The van der Waals surface area contributed by atoms with Gasteiger partial charge >= 0.3 is 0 Å². The number of benzene rings is 1. The Morgan fingerprint density at radius 1 is 1.15 bits per heavy atom. The van der Waals surface area contributed by atoms with Gasteiger partial charge in [0.2, 0.25) is 0 Å². The van der Waals surface area contributed by atoms with Crippen LogP contribution in [0.4, 0.5) is 11.5 Å². The average Bonchev–Trinajstić information content (AvgIpc) is 2.62. The van der Waals surface area contributed by atoms with Crippen LogP contribution in [0, 0.1) is 6.92 Å². The van der Waals surface area contributed by atoms with Crippen molar-refractivity contribution in [3.8, 4) is 5.75 Å². The summed E-state index contributed by atoms with van der Waals surface area (Å²) in [5.41, 5.74) is 2.95. The lowest BCUT2D eigenvalue weighted by molar-refractivity contribution is 0.292. The number of nitrogens with zero attached hydrogens (tertiary/aromatic N) is 3. The molecule has 0 amide bonds. The minimum atomic E-state index is 0. The molecule has 0 saturated carbocycles. The van der Waals surface area contributed by atoms with E-state index < -0.39 is 0 Å². The van der Waals surface area contributed by atoms with Gasteiger partial charge < -0.3 is 10.1 Å². The van der Waals surface area contributed by atoms with E-state index in [1.165, 1.54) is 11.8 Å². The lowest BCUT2D eigenvalue weighted by Gasteiger charge is -2.22. The highest BCUT2D eigenvalue weighted by Gasteiger charge is 2.11. The monoisotopic (exact) mass is 450 g/mol. The van der Waals surface area contributed by atoms with Gasteiger partial charge in [-0.05, 0) is 31.4 Å². The SMILES string of the molecule is COc1ccc(Nc2cc(C)nc(SC)n2)cc1CN(CCCl)CCCl.Cl. The number of aromatic nitrogens is 2. The van der Waals surface area contributed by atoms with Crippen molar-refractivity contribution in [3.05, 3.63) is 35.5 Å². The van der Waals surface area contributed by atoms with Gasteiger partial charge in [-0.2, -0.15) is 0 Å². The molecule has 1 heterocycles. The Balaban J connectivity index is 0.00000364. The largest absolute Gasteiger partial charge is 0.496 e. The second kappa shape index (κ2) is 12.5. The van der Waals surface area contributed by atoms with E-state index in [4.69, 9.17) is 27.9 Å². The van der Waals surface area contributed by atoms with Crippen LogP contribution in [0.2, 0.25) is 0 Å². The lowest BCUT2D eigenvalue weighted by atomic mass is 10.1. The van der Waals surface area contributed by atoms with Crippen molar-refractivity contribution < 1.29 is 4.74 Å². The number of thioether (sulfide) groups is 1. The highest BCUT2D eigenvalue weighted by molar-refractivity contribution is 7.98. The normalized spacial score (nSPS) is 10.6. The quantitative estimate of drug-likeness (QED) is 0.313. The molecule has 150 valence electrons. The first kappa shape index (κ1) is 24.1. The van der Waals surface area contributed by atoms with Crippen molar-refractivity contribution >= 4 is 58.9 Å². The van der Waals surface area contributed by atoms with Crippen LogP contribution in [0.5, 0.6) is 5.75 Å². The molecular weight excluding hydrogens is 427 g/mol. The van der Waals surface area contributed by atoms with Crippen molar-refractivity contribution in [2.45, 2.75) is 18.6 Å². The maximum atomic E-state index is 5.91. The van der Waals surface area contributed by atoms with Gasteiger partial charge in [0.05, 0.1) is 7.11 Å². The van der Waals surface area contributed by atoms with Crippen molar-refractivity contribution in [1.29, 1.82) is 0 Å². The van der Waals surface area contributed by atoms with Crippen molar-refractivity contribution in [1.82, 2.24) is 14.9 Å². The van der Waals surface area contributed by atoms with Gasteiger partial charge in [0, 0.05) is 54.4 Å². The van der Waals surface area contributed by atoms with E-state index in [1.807, 2.05) is 31.4 Å². The van der Waals surface area contributed by atoms with Gasteiger partial charge in [-0.3, -0.25) is 4.90 Å². The van der Waals surface area contributed by atoms with Crippen molar-refractivity contribution in [2.24, 2.45) is 0 Å². The highest BCUT2D eigenvalue weighted by Crippen LogP contribution is 2.26. The summed E-state index contributed by atoms with van der Waals surface area (Å²) in [7, 11) is 1.68. The zero-order valence-electron chi connectivity index (χ0n) is 15.7. The average molecular weight is 452 g/mol. The number of hydrogen-bond donors (Lipinski definition) is 1. The number of halogens is 3. The number of hydrogen-bond acceptors (Lipinski definition) is 6. The van der Waals surface area contributed by atoms with Crippen LogP contribution in [-0.4, -0.2) is 53.1 Å². The van der Waals surface area contributed by atoms with Gasteiger partial charge in [-0.15, -0.1) is 35.6 Å². The number of anilines is 2. The standard InChI is InChI=1S/C18H24Cl2N4OS.ClH/c1-13-10-17(23-18(21-13)26-3)22-15-4-5-16(25-2)14(11-15)12-24(8-6-19)9-7-20;/h4-5,10-11H,6-9,12H2,1-3H3,(H,21,22,23);1H. The fourth-order valence-corrected chi connectivity index (χ4v) is 3.48. The van der Waals surface area contributed by atoms with E-state index in [1.54, 1.807) is 7.11 Å². The van der Waals surface area contributed by atoms with Crippen molar-refractivity contribution in [3.63, 3.8) is 0 Å². The van der Waals surface area contributed by atoms with E-state index in [2.05, 4.69) is 26.3 Å². The summed E-state index contributed by atoms with van der Waals surface area (Å²) in [6.07, 6.45) is 1.96. The Labute approximate surface area is 181 Å². The summed E-state index contributed by atoms with van der Waals surface area (Å²) >= 11 is 13.3. The zero-order valence-corrected chi connectivity index (χ0v) is 18.8. The maximum absolute atomic E-state index is 5.91. The van der Waals surface area contributed by atoms with E-state index in [0.29, 0.717) is 11.8 Å². The molecule has 27 heavy (non-hydrogen) atoms. The predicted molar refractivity (Wildman–Crippen MR) is 119 cm³/mol. The number of rotatable bonds is 10. The minimum Gasteiger partial charge on any atom is -0.496 e. The zero-order chi connectivity index (χ0) is 18.9. The molecule has 2 aromatic rings. The molecule has 5 nitrogen and oxygen atoms in total. The predicted octanol–water partition coefficient (Wildman–Crippen LogP) is 4.96. The number of aryl methyl sites for hydroxylation is 1. The number of nitrogens with one attached hydrogen (secondary N) is 1. The van der Waals surface area contributed by atoms with Gasteiger partial charge in [0.15, 0.2) is 5.16 Å². The molecule has 1 aromatic heterocycles. The molecule has 0 bridgehead atoms. The maximum Gasteiger partial charge on any atom is 0.189 e. The van der Waals surface area contributed by atoms with Gasteiger partial charge in [0.1, 0.15) is 11.6 Å². The Bertz CT molecular complexity index is 715. The molecule has 0 saturated heterocycles. The molecule has 0 spiro atoms. The smallest absolute Gasteiger partial charge is 0.189 e. The number of ether oxygens (including phenoxy) is 1. The number of methoxy groups -OCH3 is 1. The third-order valence-corrected chi connectivity index (χ3v) is 4.65. The Morgan fingerprint density at radius 3 is 2.44 bits per heavy atom. The third kappa shape index (κ3) is 7.54. The molecule has 0 unspecified atom stereocenters. The fourth-order valence-electron chi connectivity index (χ4n) is 2.57. The summed E-state index contributed by atoms with van der Waals surface area (Å²) in [5, 5.41) is 4.10. The molecule has 1 aromatic carbocycles. The molecule has 0 aliphatic carbocycles. The molecule has 0 radical (unpaired) electrons. The Morgan fingerprint density at radius 2 is 1.85 bits per heavy atom. The van der Waals surface area contributed by atoms with E-state index in [9.17, 15) is 0 Å². The van der Waals surface area contributed by atoms with Crippen LogP contribution >= 0.6 is 47.4 Å². The minimum absolute atomic E-state index is 0. The van der Waals surface area contributed by atoms with E-state index in [-0.39, 0.29) is 12.4 Å². The third-order valence-electron chi connectivity index (χ3n) is 3.76. The topological polar surface area (TPSA) is 50.3 Å². The summed E-state index contributed by atoms with van der Waals surface area (Å²) in [6, 6.07) is 7.94.